The van der Waals surface area contributed by atoms with Gasteiger partial charge in [-0.1, -0.05) is 0 Å². The minimum Gasteiger partial charge on any atom is -0.759 e. The molecular formula is C6H10O11S-2. The first-order valence-corrected chi connectivity index (χ1v) is 5.32. The van der Waals surface area contributed by atoms with Gasteiger partial charge in [-0.25, -0.2) is 4.79 Å². The summed E-state index contributed by atoms with van der Waals surface area (Å²) < 4.78 is 34.1. The maximum absolute atomic E-state index is 10.1. The molecule has 0 rings (SSSR count). The molecule has 108 valence electrons. The topological polar surface area (TPSA) is 216 Å². The minimum absolute atomic E-state index is 0.0809. The van der Waals surface area contributed by atoms with E-state index in [0.717, 1.165) is 0 Å². The summed E-state index contributed by atoms with van der Waals surface area (Å²) in [5.41, 5.74) is 0. The van der Waals surface area contributed by atoms with E-state index in [2.05, 4.69) is 0 Å². The van der Waals surface area contributed by atoms with Crippen molar-refractivity contribution in [3.05, 3.63) is 0 Å². The zero-order chi connectivity index (χ0) is 15.1. The largest absolute Gasteiger partial charge is 0.759 e. The maximum Gasteiger partial charge on any atom is 0.335 e. The molecule has 0 aliphatic rings. The number of aliphatic carboxylic acids is 1. The second-order valence-corrected chi connectivity index (χ2v) is 3.62. The number of aliphatic hydroxyl groups excluding tert-OH is 4. The maximum atomic E-state index is 10.1. The highest BCUT2D eigenvalue weighted by molar-refractivity contribution is 7.79. The number of carboxylic acids is 1. The van der Waals surface area contributed by atoms with Crippen molar-refractivity contribution in [1.82, 2.24) is 0 Å². The van der Waals surface area contributed by atoms with Crippen LogP contribution in [0.2, 0.25) is 0 Å². The molecule has 5 N–H and O–H groups in total. The first-order valence-electron chi connectivity index (χ1n) is 3.98. The Morgan fingerprint density at radius 1 is 1.06 bits per heavy atom. The van der Waals surface area contributed by atoms with E-state index in [0.29, 0.717) is 0 Å². The normalized spacial score (nSPS) is 17.7. The average molecular weight is 290 g/mol. The second-order valence-electron chi connectivity index (χ2n) is 2.80. The van der Waals surface area contributed by atoms with Crippen LogP contribution < -0.4 is 0 Å². The van der Waals surface area contributed by atoms with Crippen LogP contribution in [0.25, 0.3) is 0 Å². The van der Waals surface area contributed by atoms with Crippen LogP contribution >= 0.6 is 0 Å². The van der Waals surface area contributed by atoms with Gasteiger partial charge >= 0.3 is 5.97 Å². The van der Waals surface area contributed by atoms with E-state index in [1.807, 2.05) is 0 Å². The third-order valence-electron chi connectivity index (χ3n) is 1.42. The number of rotatable bonds is 5. The Bertz CT molecular complexity index is 354. The molecule has 0 aromatic heterocycles. The molecule has 0 saturated carbocycles. The lowest BCUT2D eigenvalue weighted by Crippen LogP contribution is -2.48. The fourth-order valence-electron chi connectivity index (χ4n) is 0.615. The van der Waals surface area contributed by atoms with E-state index < -0.39 is 40.8 Å². The van der Waals surface area contributed by atoms with E-state index >= 15 is 0 Å². The summed E-state index contributed by atoms with van der Waals surface area (Å²) in [4.78, 5) is 20.0. The Morgan fingerprint density at radius 2 is 1.39 bits per heavy atom. The fraction of sp³-hybridized carbons (Fsp3) is 0.667. The van der Waals surface area contributed by atoms with Gasteiger partial charge in [0.2, 0.25) is 0 Å². The van der Waals surface area contributed by atoms with Crippen LogP contribution in [0.15, 0.2) is 0 Å². The third-order valence-corrected chi connectivity index (χ3v) is 1.42. The Hall–Kier alpha value is -1.15. The van der Waals surface area contributed by atoms with Crippen LogP contribution in [0.1, 0.15) is 0 Å². The predicted octanol–water partition coefficient (Wildman–Crippen LogP) is -4.62. The number of hydrogen-bond acceptors (Lipinski definition) is 10. The molecular weight excluding hydrogens is 280 g/mol. The zero-order valence-corrected chi connectivity index (χ0v) is 9.30. The predicted molar refractivity (Wildman–Crippen MR) is 48.2 cm³/mol. The monoisotopic (exact) mass is 290 g/mol. The molecule has 12 heteroatoms. The molecule has 0 radical (unpaired) electrons. The average Bonchev–Trinajstić information content (AvgIpc) is 2.22. The molecule has 0 aliphatic heterocycles. The van der Waals surface area contributed by atoms with Gasteiger partial charge in [0.15, 0.2) is 12.4 Å². The lowest BCUT2D eigenvalue weighted by atomic mass is 10.0. The molecule has 0 spiro atoms. The van der Waals surface area contributed by atoms with Crippen molar-refractivity contribution in [1.29, 1.82) is 0 Å². The molecule has 4 atom stereocenters. The summed E-state index contributed by atoms with van der Waals surface area (Å²) in [7, 11) is -5.17. The Labute approximate surface area is 100 Å². The van der Waals surface area contributed by atoms with Gasteiger partial charge in [0.25, 0.3) is 0 Å². The van der Waals surface area contributed by atoms with Crippen molar-refractivity contribution in [2.45, 2.75) is 24.4 Å². The first-order chi connectivity index (χ1) is 7.91. The van der Waals surface area contributed by atoms with Crippen molar-refractivity contribution in [3.63, 3.8) is 0 Å². The SMILES string of the molecule is O=C[C@H](O)[C@@H](O)[C@H](O)[C@H](O)C(=O)O.O=S(=O)([O-])[O-]. The van der Waals surface area contributed by atoms with Crippen LogP contribution in [0.3, 0.4) is 0 Å². The molecule has 0 heterocycles. The van der Waals surface area contributed by atoms with Crippen molar-refractivity contribution in [2.24, 2.45) is 0 Å². The van der Waals surface area contributed by atoms with Crippen LogP contribution in [0, 0.1) is 0 Å². The number of carboxylic acid groups (broad SMARTS) is 1. The van der Waals surface area contributed by atoms with Gasteiger partial charge in [-0.2, -0.15) is 0 Å². The third kappa shape index (κ3) is 10.0. The highest BCUT2D eigenvalue weighted by atomic mass is 32.3. The lowest BCUT2D eigenvalue weighted by molar-refractivity contribution is -0.163. The van der Waals surface area contributed by atoms with E-state index in [1.54, 1.807) is 0 Å². The van der Waals surface area contributed by atoms with E-state index in [4.69, 9.17) is 43.1 Å². The molecule has 0 saturated heterocycles. The molecule has 0 unspecified atom stereocenters. The van der Waals surface area contributed by atoms with Crippen LogP contribution in [0.4, 0.5) is 0 Å². The van der Waals surface area contributed by atoms with E-state index in [-0.39, 0.29) is 6.29 Å². The summed E-state index contributed by atoms with van der Waals surface area (Å²) >= 11 is 0. The van der Waals surface area contributed by atoms with Gasteiger partial charge in [0.05, 0.1) is 0 Å². The summed E-state index contributed by atoms with van der Waals surface area (Å²) in [5.74, 6) is -1.76. The van der Waals surface area contributed by atoms with Gasteiger partial charge in [-0.15, -0.1) is 0 Å². The van der Waals surface area contributed by atoms with Gasteiger partial charge in [0, 0.05) is 10.4 Å². The smallest absolute Gasteiger partial charge is 0.335 e. The summed E-state index contributed by atoms with van der Waals surface area (Å²) in [6.07, 6.45) is -8.39. The van der Waals surface area contributed by atoms with Gasteiger partial charge < -0.3 is 39.4 Å². The Kier molecular flexibility index (Phi) is 8.57. The molecule has 18 heavy (non-hydrogen) atoms. The number of hydrogen-bond donors (Lipinski definition) is 5. The van der Waals surface area contributed by atoms with E-state index in [9.17, 15) is 9.59 Å². The molecule has 0 aliphatic carbocycles. The van der Waals surface area contributed by atoms with Crippen LogP contribution in [-0.2, 0) is 20.0 Å². The molecule has 0 fully saturated rings. The molecule has 11 nitrogen and oxygen atoms in total. The van der Waals surface area contributed by atoms with Gasteiger partial charge in [-0.05, 0) is 0 Å². The van der Waals surface area contributed by atoms with E-state index in [1.165, 1.54) is 0 Å². The van der Waals surface area contributed by atoms with Crippen molar-refractivity contribution in [2.75, 3.05) is 0 Å². The highest BCUT2D eigenvalue weighted by Crippen LogP contribution is 2.03. The standard InChI is InChI=1S/C6H10O7.H2O4S/c7-1-2(8)3(9)4(10)5(11)6(12)13;1-5(2,3)4/h1-5,8-11H,(H,12,13);(H2,1,2,3,4)/p-2/t2-,3+,4-,5-;/m0./s1. The molecule has 0 aromatic carbocycles. The van der Waals surface area contributed by atoms with Crippen molar-refractivity contribution >= 4 is 22.7 Å². The number of carbonyl (C=O) groups excluding carboxylic acids is 1. The highest BCUT2D eigenvalue weighted by Gasteiger charge is 2.33. The second kappa shape index (κ2) is 8.04. The summed E-state index contributed by atoms with van der Waals surface area (Å²) in [5, 5.41) is 43.2. The van der Waals surface area contributed by atoms with Gasteiger partial charge in [-0.3, -0.25) is 8.42 Å². The lowest BCUT2D eigenvalue weighted by Gasteiger charge is -2.21. The first kappa shape index (κ1) is 19.2. The quantitative estimate of drug-likeness (QED) is 0.184. The van der Waals surface area contributed by atoms with Crippen LogP contribution in [0.5, 0.6) is 0 Å². The molecule has 0 aromatic rings. The number of aldehydes is 1. The Balaban J connectivity index is 0. The number of carbonyl (C=O) groups is 2. The van der Waals surface area contributed by atoms with Crippen molar-refractivity contribution in [3.8, 4) is 0 Å². The van der Waals surface area contributed by atoms with Crippen LogP contribution in [-0.4, -0.2) is 79.7 Å². The minimum atomic E-state index is -5.17. The summed E-state index contributed by atoms with van der Waals surface area (Å²) in [6, 6.07) is 0. The van der Waals surface area contributed by atoms with Crippen molar-refractivity contribution < 1.29 is 52.6 Å². The fourth-order valence-corrected chi connectivity index (χ4v) is 0.615. The molecule has 0 bridgehead atoms. The molecule has 0 amide bonds. The Morgan fingerprint density at radius 3 is 1.61 bits per heavy atom. The zero-order valence-electron chi connectivity index (χ0n) is 8.48. The number of aliphatic hydroxyl groups is 4. The summed E-state index contributed by atoms with van der Waals surface area (Å²) in [6.45, 7) is 0. The van der Waals surface area contributed by atoms with Gasteiger partial charge in [0.1, 0.15) is 18.3 Å².